The first kappa shape index (κ1) is 19.2. The Morgan fingerprint density at radius 2 is 1.58 bits per heavy atom. The van der Waals surface area contributed by atoms with Crippen LogP contribution in [0.15, 0.2) is 24.3 Å². The minimum absolute atomic E-state index is 0.0701. The summed E-state index contributed by atoms with van der Waals surface area (Å²) in [6, 6.07) is 7.61. The fraction of sp³-hybridized carbons (Fsp3) is 0.650. The predicted octanol–water partition coefficient (Wildman–Crippen LogP) is 3.95. The summed E-state index contributed by atoms with van der Waals surface area (Å²) in [5, 5.41) is 2.28. The molecule has 0 radical (unpaired) electrons. The van der Waals surface area contributed by atoms with Gasteiger partial charge in [0.05, 0.1) is 10.5 Å². The molecule has 0 unspecified atom stereocenters. The summed E-state index contributed by atoms with van der Waals surface area (Å²) >= 11 is 0. The molecule has 0 aromatic heterocycles. The Hall–Kier alpha value is -1.56. The van der Waals surface area contributed by atoms with Crippen molar-refractivity contribution in [2.75, 3.05) is 18.4 Å². The predicted molar refractivity (Wildman–Crippen MR) is 105 cm³/mol. The number of carbonyl (C=O) groups is 1. The quantitative estimate of drug-likeness (QED) is 0.866. The normalized spacial score (nSPS) is 19.9. The number of benzene rings is 1. The minimum Gasteiger partial charge on any atom is -0.322 e. The third kappa shape index (κ3) is 4.05. The number of rotatable bonds is 3. The van der Waals surface area contributed by atoms with Crippen molar-refractivity contribution in [3.8, 4) is 0 Å². The molecule has 3 rings (SSSR count). The highest BCUT2D eigenvalue weighted by atomic mass is 32.2. The Morgan fingerprint density at radius 3 is 2.12 bits per heavy atom. The van der Waals surface area contributed by atoms with Crippen LogP contribution in [0.25, 0.3) is 0 Å². The summed E-state index contributed by atoms with van der Waals surface area (Å²) < 4.78 is 25.3. The number of hydrogen-bond donors (Lipinski definition) is 1. The lowest BCUT2D eigenvalue weighted by Crippen LogP contribution is -2.59. The number of carbonyl (C=O) groups excluding carboxylic acids is 1. The first-order chi connectivity index (χ1) is 12.2. The molecular weight excluding hydrogens is 348 g/mol. The lowest BCUT2D eigenvalue weighted by atomic mass is 9.87. The third-order valence-corrected chi connectivity index (χ3v) is 8.25. The molecule has 1 saturated heterocycles. The smallest absolute Gasteiger partial charge is 0.321 e. The molecule has 2 fully saturated rings. The zero-order chi connectivity index (χ0) is 18.9. The molecule has 144 valence electrons. The summed E-state index contributed by atoms with van der Waals surface area (Å²) in [7, 11) is -3.11. The molecule has 1 aliphatic carbocycles. The van der Waals surface area contributed by atoms with E-state index in [9.17, 15) is 13.2 Å². The van der Waals surface area contributed by atoms with Crippen molar-refractivity contribution in [3.63, 3.8) is 0 Å². The second-order valence-corrected chi connectivity index (χ2v) is 11.1. The van der Waals surface area contributed by atoms with Crippen molar-refractivity contribution >= 4 is 21.6 Å². The van der Waals surface area contributed by atoms with Gasteiger partial charge in [-0.25, -0.2) is 13.2 Å². The van der Waals surface area contributed by atoms with Crippen LogP contribution in [0.4, 0.5) is 10.5 Å². The molecule has 0 spiro atoms. The van der Waals surface area contributed by atoms with Crippen LogP contribution >= 0.6 is 0 Å². The third-order valence-electron chi connectivity index (χ3n) is 5.62. The van der Waals surface area contributed by atoms with E-state index in [2.05, 4.69) is 26.1 Å². The van der Waals surface area contributed by atoms with Gasteiger partial charge >= 0.3 is 6.03 Å². The Labute approximate surface area is 157 Å². The number of nitrogens with one attached hydrogen (secondary N) is 1. The highest BCUT2D eigenvalue weighted by Crippen LogP contribution is 2.30. The van der Waals surface area contributed by atoms with Gasteiger partial charge in [-0.1, -0.05) is 52.2 Å². The summed E-state index contributed by atoms with van der Waals surface area (Å²) in [5.74, 6) is 0. The number of likely N-dealkylation sites (tertiary alicyclic amines) is 1. The van der Waals surface area contributed by atoms with E-state index in [1.165, 1.54) is 5.56 Å². The molecule has 0 bridgehead atoms. The van der Waals surface area contributed by atoms with Crippen LogP contribution in [0.1, 0.15) is 58.4 Å². The van der Waals surface area contributed by atoms with E-state index in [1.54, 1.807) is 4.90 Å². The van der Waals surface area contributed by atoms with Crippen LogP contribution in [0, 0.1) is 0 Å². The fourth-order valence-electron chi connectivity index (χ4n) is 3.73. The number of urea groups is 1. The lowest BCUT2D eigenvalue weighted by Gasteiger charge is -2.40. The minimum atomic E-state index is -3.11. The van der Waals surface area contributed by atoms with Gasteiger partial charge in [-0.2, -0.15) is 0 Å². The van der Waals surface area contributed by atoms with Gasteiger partial charge in [0, 0.05) is 18.8 Å². The number of hydrogen-bond acceptors (Lipinski definition) is 3. The van der Waals surface area contributed by atoms with Crippen molar-refractivity contribution in [3.05, 3.63) is 29.8 Å². The Balaban J connectivity index is 1.53. The van der Waals surface area contributed by atoms with Crippen LogP contribution < -0.4 is 5.32 Å². The van der Waals surface area contributed by atoms with E-state index in [4.69, 9.17) is 0 Å². The first-order valence-corrected chi connectivity index (χ1v) is 11.2. The highest BCUT2D eigenvalue weighted by Gasteiger charge is 2.43. The standard InChI is InChI=1S/C20H30N2O3S/c1-20(2,3)15-9-11-16(12-10-15)21-19(23)22-13-18(14-22)26(24,25)17-7-5-4-6-8-17/h9-12,17-18H,4-8,13-14H2,1-3H3,(H,21,23). The monoisotopic (exact) mass is 378 g/mol. The largest absolute Gasteiger partial charge is 0.322 e. The van der Waals surface area contributed by atoms with Crippen molar-refractivity contribution in [2.45, 2.75) is 68.8 Å². The summed E-state index contributed by atoms with van der Waals surface area (Å²) in [6.45, 7) is 7.06. The first-order valence-electron chi connectivity index (χ1n) is 9.57. The molecule has 6 heteroatoms. The second kappa shape index (κ2) is 7.22. The molecule has 1 N–H and O–H groups in total. The van der Waals surface area contributed by atoms with Gasteiger partial charge in [0.1, 0.15) is 0 Å². The van der Waals surface area contributed by atoms with E-state index in [-0.39, 0.29) is 21.9 Å². The molecule has 2 amide bonds. The molecule has 0 atom stereocenters. The number of nitrogens with zero attached hydrogens (tertiary/aromatic N) is 1. The van der Waals surface area contributed by atoms with Crippen LogP contribution in [0.5, 0.6) is 0 Å². The van der Waals surface area contributed by atoms with Crippen molar-refractivity contribution in [2.24, 2.45) is 0 Å². The molecule has 2 aliphatic rings. The van der Waals surface area contributed by atoms with Crippen LogP contribution in [0.2, 0.25) is 0 Å². The molecular formula is C20H30N2O3S. The maximum atomic E-state index is 12.7. The Morgan fingerprint density at radius 1 is 1.00 bits per heavy atom. The van der Waals surface area contributed by atoms with E-state index >= 15 is 0 Å². The Bertz CT molecular complexity index is 738. The Kier molecular flexibility index (Phi) is 5.33. The van der Waals surface area contributed by atoms with Gasteiger partial charge < -0.3 is 10.2 Å². The van der Waals surface area contributed by atoms with E-state index < -0.39 is 9.84 Å². The summed E-state index contributed by atoms with van der Waals surface area (Å²) in [6.07, 6.45) is 4.71. The molecule has 1 aromatic carbocycles. The molecule has 26 heavy (non-hydrogen) atoms. The van der Waals surface area contributed by atoms with Gasteiger partial charge in [0.15, 0.2) is 9.84 Å². The van der Waals surface area contributed by atoms with E-state index in [1.807, 2.05) is 24.3 Å². The maximum absolute atomic E-state index is 12.7. The summed E-state index contributed by atoms with van der Waals surface area (Å²) in [5.41, 5.74) is 2.01. The topological polar surface area (TPSA) is 66.5 Å². The number of anilines is 1. The van der Waals surface area contributed by atoms with Crippen molar-refractivity contribution < 1.29 is 13.2 Å². The molecule has 1 aromatic rings. The van der Waals surface area contributed by atoms with Crippen LogP contribution in [-0.2, 0) is 15.3 Å². The van der Waals surface area contributed by atoms with Gasteiger partial charge in [-0.15, -0.1) is 0 Å². The number of amides is 2. The molecule has 1 heterocycles. The maximum Gasteiger partial charge on any atom is 0.321 e. The van der Waals surface area contributed by atoms with Crippen molar-refractivity contribution in [1.82, 2.24) is 4.90 Å². The average molecular weight is 379 g/mol. The van der Waals surface area contributed by atoms with Gasteiger partial charge in [0.25, 0.3) is 0 Å². The van der Waals surface area contributed by atoms with E-state index in [0.29, 0.717) is 13.1 Å². The zero-order valence-electron chi connectivity index (χ0n) is 16.0. The SMILES string of the molecule is CC(C)(C)c1ccc(NC(=O)N2CC(S(=O)(=O)C3CCCCC3)C2)cc1. The van der Waals surface area contributed by atoms with Gasteiger partial charge in [-0.3, -0.25) is 0 Å². The highest BCUT2D eigenvalue weighted by molar-refractivity contribution is 7.92. The van der Waals surface area contributed by atoms with Crippen LogP contribution in [-0.4, -0.2) is 42.9 Å². The average Bonchev–Trinajstić information content (AvgIpc) is 2.53. The van der Waals surface area contributed by atoms with E-state index in [0.717, 1.165) is 37.8 Å². The molecule has 5 nitrogen and oxygen atoms in total. The lowest BCUT2D eigenvalue weighted by molar-refractivity contribution is 0.182. The molecule has 1 aliphatic heterocycles. The second-order valence-electron chi connectivity index (χ2n) is 8.63. The zero-order valence-corrected chi connectivity index (χ0v) is 16.8. The molecule has 1 saturated carbocycles. The van der Waals surface area contributed by atoms with Gasteiger partial charge in [0.2, 0.25) is 0 Å². The van der Waals surface area contributed by atoms with Crippen LogP contribution in [0.3, 0.4) is 0 Å². The summed E-state index contributed by atoms with van der Waals surface area (Å²) in [4.78, 5) is 13.9. The number of sulfone groups is 1. The van der Waals surface area contributed by atoms with Crippen molar-refractivity contribution in [1.29, 1.82) is 0 Å². The fourth-order valence-corrected chi connectivity index (χ4v) is 6.04. The van der Waals surface area contributed by atoms with Gasteiger partial charge in [-0.05, 0) is 36.0 Å².